The minimum absolute atomic E-state index is 0.0897. The molecule has 0 spiro atoms. The van der Waals surface area contributed by atoms with Crippen molar-refractivity contribution in [1.82, 2.24) is 15.1 Å². The molecule has 134 valence electrons. The Kier molecular flexibility index (Phi) is 4.83. The molecule has 1 aromatic heterocycles. The lowest BCUT2D eigenvalue weighted by atomic mass is 10.1. The molecule has 0 atom stereocenters. The minimum Gasteiger partial charge on any atom is -0.343 e. The molecule has 0 radical (unpaired) electrons. The first-order chi connectivity index (χ1) is 11.8. The maximum absolute atomic E-state index is 13.8. The van der Waals surface area contributed by atoms with E-state index in [1.54, 1.807) is 4.90 Å². The molecule has 1 aliphatic rings. The third-order valence-corrected chi connectivity index (χ3v) is 4.92. The van der Waals surface area contributed by atoms with E-state index in [9.17, 15) is 22.4 Å². The molecule has 1 fully saturated rings. The van der Waals surface area contributed by atoms with Crippen LogP contribution in [0.25, 0.3) is 0 Å². The number of carbonyl (C=O) groups excluding carboxylic acids is 1. The van der Waals surface area contributed by atoms with Crippen molar-refractivity contribution >= 4 is 34.0 Å². The summed E-state index contributed by atoms with van der Waals surface area (Å²) >= 11 is 6.12. The van der Waals surface area contributed by atoms with E-state index in [2.05, 4.69) is 10.2 Å². The summed E-state index contributed by atoms with van der Waals surface area (Å²) in [6, 6.07) is 3.80. The summed E-state index contributed by atoms with van der Waals surface area (Å²) in [6.45, 7) is 1.05. The Hall–Kier alpha value is -1.94. The maximum atomic E-state index is 13.8. The molecule has 0 unspecified atom stereocenters. The van der Waals surface area contributed by atoms with Gasteiger partial charge in [-0.25, -0.2) is 4.39 Å². The van der Waals surface area contributed by atoms with Gasteiger partial charge < -0.3 is 9.80 Å². The van der Waals surface area contributed by atoms with Crippen LogP contribution in [0.3, 0.4) is 0 Å². The molecule has 1 aliphatic heterocycles. The molecule has 11 heteroatoms. The van der Waals surface area contributed by atoms with E-state index in [0.717, 1.165) is 6.07 Å². The third kappa shape index (κ3) is 3.84. The van der Waals surface area contributed by atoms with Gasteiger partial charge in [-0.2, -0.15) is 13.2 Å². The summed E-state index contributed by atoms with van der Waals surface area (Å²) in [7, 11) is 0. The van der Waals surface area contributed by atoms with Crippen molar-refractivity contribution in [2.45, 2.75) is 6.18 Å². The van der Waals surface area contributed by atoms with Crippen LogP contribution in [0, 0.1) is 5.82 Å². The topological polar surface area (TPSA) is 49.3 Å². The quantitative estimate of drug-likeness (QED) is 0.733. The lowest BCUT2D eigenvalue weighted by Crippen LogP contribution is -2.49. The van der Waals surface area contributed by atoms with E-state index in [0.29, 0.717) is 11.3 Å². The second kappa shape index (κ2) is 6.75. The Labute approximate surface area is 148 Å². The Morgan fingerprint density at radius 2 is 1.84 bits per heavy atom. The van der Waals surface area contributed by atoms with Crippen molar-refractivity contribution in [2.75, 3.05) is 31.1 Å². The van der Waals surface area contributed by atoms with Gasteiger partial charge in [-0.1, -0.05) is 22.9 Å². The normalized spacial score (nSPS) is 15.6. The Morgan fingerprint density at radius 3 is 2.40 bits per heavy atom. The smallest absolute Gasteiger partial charge is 0.343 e. The van der Waals surface area contributed by atoms with Crippen LogP contribution in [-0.4, -0.2) is 47.2 Å². The van der Waals surface area contributed by atoms with E-state index < -0.39 is 22.9 Å². The number of piperazine rings is 1. The SMILES string of the molecule is O=C(c1ccc(Cl)cc1F)N1CCN(c2nnc(C(F)(F)F)s2)CC1. The van der Waals surface area contributed by atoms with Crippen LogP contribution in [0.5, 0.6) is 0 Å². The summed E-state index contributed by atoms with van der Waals surface area (Å²) < 4.78 is 51.6. The van der Waals surface area contributed by atoms with Gasteiger partial charge in [0.1, 0.15) is 5.82 Å². The first kappa shape index (κ1) is 17.9. The fourth-order valence-electron chi connectivity index (χ4n) is 2.39. The highest BCUT2D eigenvalue weighted by Crippen LogP contribution is 2.34. The standard InChI is InChI=1S/C14H11ClF4N4OS/c15-8-1-2-9(10(16)7-8)11(24)22-3-5-23(6-4-22)13-21-20-12(25-13)14(17,18)19/h1-2,7H,3-6H2. The summed E-state index contributed by atoms with van der Waals surface area (Å²) in [5.74, 6) is -1.19. The van der Waals surface area contributed by atoms with Gasteiger partial charge >= 0.3 is 6.18 Å². The lowest BCUT2D eigenvalue weighted by Gasteiger charge is -2.34. The molecule has 0 N–H and O–H groups in total. The zero-order valence-corrected chi connectivity index (χ0v) is 14.1. The summed E-state index contributed by atoms with van der Waals surface area (Å²) in [4.78, 5) is 15.4. The van der Waals surface area contributed by atoms with Crippen LogP contribution < -0.4 is 4.90 Å². The van der Waals surface area contributed by atoms with Gasteiger partial charge in [0.05, 0.1) is 5.56 Å². The van der Waals surface area contributed by atoms with Crippen LogP contribution >= 0.6 is 22.9 Å². The Bertz CT molecular complexity index is 789. The average molecular weight is 395 g/mol. The molecule has 0 aliphatic carbocycles. The van der Waals surface area contributed by atoms with Gasteiger partial charge in [-0.05, 0) is 18.2 Å². The van der Waals surface area contributed by atoms with Crippen LogP contribution in [0.4, 0.5) is 22.7 Å². The zero-order chi connectivity index (χ0) is 18.2. The molecule has 1 aromatic carbocycles. The van der Waals surface area contributed by atoms with Gasteiger partial charge in [0.15, 0.2) is 0 Å². The van der Waals surface area contributed by atoms with Crippen LogP contribution in [0.2, 0.25) is 5.02 Å². The van der Waals surface area contributed by atoms with Gasteiger partial charge in [-0.15, -0.1) is 10.2 Å². The Morgan fingerprint density at radius 1 is 1.16 bits per heavy atom. The molecule has 3 rings (SSSR count). The first-order valence-corrected chi connectivity index (χ1v) is 8.35. The van der Waals surface area contributed by atoms with E-state index in [4.69, 9.17) is 11.6 Å². The number of halogens is 5. The predicted molar refractivity (Wildman–Crippen MR) is 84.4 cm³/mol. The molecule has 2 heterocycles. The van der Waals surface area contributed by atoms with Gasteiger partial charge in [0.2, 0.25) is 10.1 Å². The summed E-state index contributed by atoms with van der Waals surface area (Å²) in [5, 5.41) is 6.03. The highest BCUT2D eigenvalue weighted by Gasteiger charge is 2.36. The Balaban J connectivity index is 1.65. The first-order valence-electron chi connectivity index (χ1n) is 7.15. The van der Waals surface area contributed by atoms with Gasteiger partial charge in [-0.3, -0.25) is 4.79 Å². The van der Waals surface area contributed by atoms with Crippen molar-refractivity contribution < 1.29 is 22.4 Å². The third-order valence-electron chi connectivity index (χ3n) is 3.66. The fraction of sp³-hybridized carbons (Fsp3) is 0.357. The molecular weight excluding hydrogens is 384 g/mol. The van der Waals surface area contributed by atoms with Crippen molar-refractivity contribution in [2.24, 2.45) is 0 Å². The van der Waals surface area contributed by atoms with Crippen LogP contribution in [0.1, 0.15) is 15.4 Å². The van der Waals surface area contributed by atoms with Crippen molar-refractivity contribution in [3.05, 3.63) is 39.6 Å². The maximum Gasteiger partial charge on any atom is 0.445 e. The number of carbonyl (C=O) groups is 1. The van der Waals surface area contributed by atoms with Crippen LogP contribution in [-0.2, 0) is 6.18 Å². The highest BCUT2D eigenvalue weighted by atomic mass is 35.5. The number of benzene rings is 1. The molecule has 5 nitrogen and oxygen atoms in total. The second-order valence-electron chi connectivity index (χ2n) is 5.29. The second-order valence-corrected chi connectivity index (χ2v) is 6.68. The number of anilines is 1. The summed E-state index contributed by atoms with van der Waals surface area (Å²) in [6.07, 6.45) is -4.53. The van der Waals surface area contributed by atoms with E-state index in [-0.39, 0.29) is 41.9 Å². The molecule has 25 heavy (non-hydrogen) atoms. The van der Waals surface area contributed by atoms with Gasteiger partial charge in [0, 0.05) is 31.2 Å². The van der Waals surface area contributed by atoms with Gasteiger partial charge in [0.25, 0.3) is 5.91 Å². The van der Waals surface area contributed by atoms with Crippen molar-refractivity contribution in [3.63, 3.8) is 0 Å². The largest absolute Gasteiger partial charge is 0.445 e. The zero-order valence-electron chi connectivity index (χ0n) is 12.6. The molecule has 1 saturated heterocycles. The molecule has 2 aromatic rings. The number of alkyl halides is 3. The van der Waals surface area contributed by atoms with E-state index in [1.165, 1.54) is 17.0 Å². The number of rotatable bonds is 2. The number of nitrogens with zero attached hydrogens (tertiary/aromatic N) is 4. The fourth-order valence-corrected chi connectivity index (χ4v) is 3.31. The number of hydrogen-bond acceptors (Lipinski definition) is 5. The van der Waals surface area contributed by atoms with Crippen molar-refractivity contribution in [3.8, 4) is 0 Å². The average Bonchev–Trinajstić information content (AvgIpc) is 3.05. The molecular formula is C14H11ClF4N4OS. The van der Waals surface area contributed by atoms with E-state index in [1.807, 2.05) is 0 Å². The lowest BCUT2D eigenvalue weighted by molar-refractivity contribution is -0.138. The number of amides is 1. The number of hydrogen-bond donors (Lipinski definition) is 0. The monoisotopic (exact) mass is 394 g/mol. The predicted octanol–water partition coefficient (Wildman–Crippen LogP) is 3.31. The minimum atomic E-state index is -4.53. The molecule has 0 bridgehead atoms. The van der Waals surface area contributed by atoms with Crippen LogP contribution in [0.15, 0.2) is 18.2 Å². The highest BCUT2D eigenvalue weighted by molar-refractivity contribution is 7.15. The van der Waals surface area contributed by atoms with E-state index >= 15 is 0 Å². The molecule has 1 amide bonds. The van der Waals surface area contributed by atoms with Crippen molar-refractivity contribution in [1.29, 1.82) is 0 Å². The summed E-state index contributed by atoms with van der Waals surface area (Å²) in [5.41, 5.74) is -0.0897. The molecule has 0 saturated carbocycles. The number of aromatic nitrogens is 2.